The first-order valence-electron chi connectivity index (χ1n) is 7.53. The lowest BCUT2D eigenvalue weighted by molar-refractivity contribution is -0.123. The molecule has 0 aliphatic carbocycles. The molecule has 1 aliphatic rings. The van der Waals surface area contributed by atoms with E-state index >= 15 is 0 Å². The Labute approximate surface area is 129 Å². The van der Waals surface area contributed by atoms with Crippen molar-refractivity contribution in [3.05, 3.63) is 35.7 Å². The van der Waals surface area contributed by atoms with Gasteiger partial charge in [-0.1, -0.05) is 28.9 Å². The van der Waals surface area contributed by atoms with Gasteiger partial charge in [0, 0.05) is 12.1 Å². The number of nitrogens with zero attached hydrogens (tertiary/aromatic N) is 3. The summed E-state index contributed by atoms with van der Waals surface area (Å²) >= 11 is 0. The molecule has 116 valence electrons. The molecule has 1 amide bonds. The van der Waals surface area contributed by atoms with Gasteiger partial charge in [-0.2, -0.15) is 4.98 Å². The first-order valence-corrected chi connectivity index (χ1v) is 7.53. The van der Waals surface area contributed by atoms with E-state index in [-0.39, 0.29) is 11.8 Å². The summed E-state index contributed by atoms with van der Waals surface area (Å²) in [5, 5.41) is 4.04. The van der Waals surface area contributed by atoms with Crippen molar-refractivity contribution < 1.29 is 9.32 Å². The predicted molar refractivity (Wildman–Crippen MR) is 81.7 cm³/mol. The minimum atomic E-state index is -0.226. The molecule has 1 fully saturated rings. The topological polar surface area (TPSA) is 85.3 Å². The molecule has 6 nitrogen and oxygen atoms in total. The van der Waals surface area contributed by atoms with Crippen molar-refractivity contribution in [2.75, 3.05) is 13.1 Å². The van der Waals surface area contributed by atoms with E-state index < -0.39 is 0 Å². The number of carbonyl (C=O) groups is 1. The number of primary amides is 1. The van der Waals surface area contributed by atoms with Gasteiger partial charge in [-0.3, -0.25) is 9.69 Å². The largest absolute Gasteiger partial charge is 0.369 e. The van der Waals surface area contributed by atoms with Crippen LogP contribution in [-0.2, 0) is 11.3 Å². The smallest absolute Gasteiger partial charge is 0.241 e. The molecule has 1 saturated heterocycles. The average molecular weight is 300 g/mol. The minimum absolute atomic E-state index is 0.0760. The summed E-state index contributed by atoms with van der Waals surface area (Å²) in [5.74, 6) is 0.868. The maximum Gasteiger partial charge on any atom is 0.241 e. The van der Waals surface area contributed by atoms with Crippen LogP contribution in [0, 0.1) is 12.8 Å². The molecule has 1 aromatic carbocycles. The van der Waals surface area contributed by atoms with E-state index in [1.165, 1.54) is 0 Å². The lowest BCUT2D eigenvalue weighted by atomic mass is 9.97. The van der Waals surface area contributed by atoms with Gasteiger partial charge in [-0.25, -0.2) is 0 Å². The molecule has 0 radical (unpaired) electrons. The number of benzene rings is 1. The standard InChI is InChI=1S/C16H20N4O2/c1-11-4-2-5-12(8-11)16-18-14(22-19-16)10-20-7-3-6-13(9-20)15(17)21/h2,4-5,8,13H,3,6-7,9-10H2,1H3,(H2,17,21). The highest BCUT2D eigenvalue weighted by Gasteiger charge is 2.25. The molecule has 3 rings (SSSR count). The third-order valence-electron chi connectivity index (χ3n) is 4.01. The summed E-state index contributed by atoms with van der Waals surface area (Å²) in [6.45, 7) is 4.17. The molecule has 2 heterocycles. The van der Waals surface area contributed by atoms with Crippen LogP contribution < -0.4 is 5.73 Å². The van der Waals surface area contributed by atoms with Crippen molar-refractivity contribution in [1.29, 1.82) is 0 Å². The van der Waals surface area contributed by atoms with E-state index in [0.29, 0.717) is 24.8 Å². The molecular formula is C16H20N4O2. The van der Waals surface area contributed by atoms with Crippen LogP contribution in [0.4, 0.5) is 0 Å². The molecule has 1 atom stereocenters. The number of carbonyl (C=O) groups excluding carboxylic acids is 1. The van der Waals surface area contributed by atoms with Gasteiger partial charge < -0.3 is 10.3 Å². The third kappa shape index (κ3) is 3.33. The van der Waals surface area contributed by atoms with Crippen LogP contribution in [0.15, 0.2) is 28.8 Å². The summed E-state index contributed by atoms with van der Waals surface area (Å²) in [5.41, 5.74) is 7.50. The number of likely N-dealkylation sites (tertiary alicyclic amines) is 1. The number of aromatic nitrogens is 2. The SMILES string of the molecule is Cc1cccc(-c2noc(CN3CCCC(C(N)=O)C3)n2)c1. The Bertz CT molecular complexity index is 668. The third-order valence-corrected chi connectivity index (χ3v) is 4.01. The lowest BCUT2D eigenvalue weighted by Gasteiger charge is -2.29. The Kier molecular flexibility index (Phi) is 4.20. The van der Waals surface area contributed by atoms with Gasteiger partial charge >= 0.3 is 0 Å². The second kappa shape index (κ2) is 6.27. The fraction of sp³-hybridized carbons (Fsp3) is 0.438. The zero-order valence-corrected chi connectivity index (χ0v) is 12.7. The van der Waals surface area contributed by atoms with Crippen LogP contribution in [0.25, 0.3) is 11.4 Å². The van der Waals surface area contributed by atoms with Gasteiger partial charge in [-0.15, -0.1) is 0 Å². The van der Waals surface area contributed by atoms with Crippen molar-refractivity contribution >= 4 is 5.91 Å². The van der Waals surface area contributed by atoms with Crippen LogP contribution in [0.3, 0.4) is 0 Å². The van der Waals surface area contributed by atoms with Crippen LogP contribution in [0.2, 0.25) is 0 Å². The molecule has 1 aliphatic heterocycles. The normalized spacial score (nSPS) is 19.2. The summed E-state index contributed by atoms with van der Waals surface area (Å²) in [7, 11) is 0. The zero-order chi connectivity index (χ0) is 15.5. The Morgan fingerprint density at radius 3 is 3.14 bits per heavy atom. The van der Waals surface area contributed by atoms with Gasteiger partial charge in [0.05, 0.1) is 12.5 Å². The fourth-order valence-electron chi connectivity index (χ4n) is 2.84. The quantitative estimate of drug-likeness (QED) is 0.929. The first-order chi connectivity index (χ1) is 10.6. The van der Waals surface area contributed by atoms with E-state index in [1.807, 2.05) is 31.2 Å². The molecule has 1 aromatic heterocycles. The Balaban J connectivity index is 1.68. The van der Waals surface area contributed by atoms with Gasteiger partial charge in [0.15, 0.2) is 0 Å². The number of rotatable bonds is 4. The van der Waals surface area contributed by atoms with Crippen LogP contribution in [0.1, 0.15) is 24.3 Å². The molecule has 2 N–H and O–H groups in total. The van der Waals surface area contributed by atoms with Gasteiger partial charge in [0.1, 0.15) is 0 Å². The molecule has 22 heavy (non-hydrogen) atoms. The maximum atomic E-state index is 11.3. The highest BCUT2D eigenvalue weighted by Crippen LogP contribution is 2.20. The maximum absolute atomic E-state index is 11.3. The van der Waals surface area contributed by atoms with Crippen molar-refractivity contribution in [2.45, 2.75) is 26.3 Å². The highest BCUT2D eigenvalue weighted by molar-refractivity contribution is 5.76. The molecular weight excluding hydrogens is 280 g/mol. The Hall–Kier alpha value is -2.21. The van der Waals surface area contributed by atoms with E-state index in [4.69, 9.17) is 10.3 Å². The average Bonchev–Trinajstić information content (AvgIpc) is 2.96. The zero-order valence-electron chi connectivity index (χ0n) is 12.7. The van der Waals surface area contributed by atoms with Gasteiger partial charge in [0.25, 0.3) is 0 Å². The van der Waals surface area contributed by atoms with Crippen LogP contribution in [-0.4, -0.2) is 34.0 Å². The number of aryl methyl sites for hydroxylation is 1. The Morgan fingerprint density at radius 2 is 2.36 bits per heavy atom. The van der Waals surface area contributed by atoms with Gasteiger partial charge in [0.2, 0.25) is 17.6 Å². The minimum Gasteiger partial charge on any atom is -0.369 e. The number of amides is 1. The summed E-state index contributed by atoms with van der Waals surface area (Å²) < 4.78 is 5.34. The second-order valence-electron chi connectivity index (χ2n) is 5.86. The van der Waals surface area contributed by atoms with E-state index in [1.54, 1.807) is 0 Å². The van der Waals surface area contributed by atoms with Gasteiger partial charge in [-0.05, 0) is 32.4 Å². The second-order valence-corrected chi connectivity index (χ2v) is 5.86. The van der Waals surface area contributed by atoms with Crippen LogP contribution in [0.5, 0.6) is 0 Å². The summed E-state index contributed by atoms with van der Waals surface area (Å²) in [4.78, 5) is 17.9. The molecule has 1 unspecified atom stereocenters. The monoisotopic (exact) mass is 300 g/mol. The van der Waals surface area contributed by atoms with E-state index in [0.717, 1.165) is 30.5 Å². The molecule has 6 heteroatoms. The van der Waals surface area contributed by atoms with Crippen LogP contribution >= 0.6 is 0 Å². The number of piperidine rings is 1. The number of hydrogen-bond acceptors (Lipinski definition) is 5. The van der Waals surface area contributed by atoms with Crippen molar-refractivity contribution in [3.63, 3.8) is 0 Å². The molecule has 2 aromatic rings. The van der Waals surface area contributed by atoms with E-state index in [2.05, 4.69) is 15.0 Å². The van der Waals surface area contributed by atoms with Crippen molar-refractivity contribution in [2.24, 2.45) is 11.7 Å². The van der Waals surface area contributed by atoms with Crippen molar-refractivity contribution in [3.8, 4) is 11.4 Å². The molecule has 0 spiro atoms. The van der Waals surface area contributed by atoms with Crippen molar-refractivity contribution in [1.82, 2.24) is 15.0 Å². The number of nitrogens with two attached hydrogens (primary N) is 1. The fourth-order valence-corrected chi connectivity index (χ4v) is 2.84. The first kappa shape index (κ1) is 14.7. The summed E-state index contributed by atoms with van der Waals surface area (Å²) in [6, 6.07) is 8.00. The van der Waals surface area contributed by atoms with E-state index in [9.17, 15) is 4.79 Å². The number of hydrogen-bond donors (Lipinski definition) is 1. The lowest BCUT2D eigenvalue weighted by Crippen LogP contribution is -2.40. The molecule has 0 bridgehead atoms. The molecule has 0 saturated carbocycles. The predicted octanol–water partition coefficient (Wildman–Crippen LogP) is 1.74. The summed E-state index contributed by atoms with van der Waals surface area (Å²) in [6.07, 6.45) is 1.83. The Morgan fingerprint density at radius 1 is 1.50 bits per heavy atom. The highest BCUT2D eigenvalue weighted by atomic mass is 16.5.